The summed E-state index contributed by atoms with van der Waals surface area (Å²) in [4.78, 5) is 12.7. The Hall–Kier alpha value is -2.38. The smallest absolute Gasteiger partial charge is 0.238 e. The number of hydrogen-bond donors (Lipinski definition) is 2. The highest BCUT2D eigenvalue weighted by Gasteiger charge is 2.35. The average Bonchev–Trinajstić information content (AvgIpc) is 2.73. The van der Waals surface area contributed by atoms with Gasteiger partial charge >= 0.3 is 0 Å². The highest BCUT2D eigenvalue weighted by atomic mass is 32.1. The molecule has 2 aromatic carbocycles. The van der Waals surface area contributed by atoms with E-state index in [0.717, 1.165) is 56.0 Å². The number of carbonyl (C=O) groups is 1. The van der Waals surface area contributed by atoms with E-state index in [1.54, 1.807) is 0 Å². The molecule has 160 valence electrons. The van der Waals surface area contributed by atoms with Crippen LogP contribution in [0.15, 0.2) is 42.5 Å². The van der Waals surface area contributed by atoms with Crippen molar-refractivity contribution in [3.05, 3.63) is 70.8 Å². The Morgan fingerprint density at radius 1 is 1.23 bits per heavy atom. The van der Waals surface area contributed by atoms with Crippen LogP contribution in [0.25, 0.3) is 0 Å². The van der Waals surface area contributed by atoms with Crippen LogP contribution in [0.4, 0.5) is 8.78 Å². The molecule has 1 aliphatic carbocycles. The molecule has 0 heterocycles. The third kappa shape index (κ3) is 5.02. The fourth-order valence-electron chi connectivity index (χ4n) is 4.18. The van der Waals surface area contributed by atoms with Crippen molar-refractivity contribution in [1.82, 2.24) is 15.8 Å². The first-order chi connectivity index (χ1) is 14.4. The number of thiocarbonyl (C=S) groups is 1. The molecular formula is C23H27F2N3OS. The second-order valence-electron chi connectivity index (χ2n) is 7.64. The van der Waals surface area contributed by atoms with E-state index in [9.17, 15) is 13.6 Å². The van der Waals surface area contributed by atoms with Gasteiger partial charge in [0, 0.05) is 12.5 Å². The van der Waals surface area contributed by atoms with Gasteiger partial charge in [-0.1, -0.05) is 36.5 Å². The molecule has 1 aliphatic rings. The van der Waals surface area contributed by atoms with E-state index in [2.05, 4.69) is 16.8 Å². The van der Waals surface area contributed by atoms with Gasteiger partial charge in [0.25, 0.3) is 0 Å². The minimum atomic E-state index is -0.632. The van der Waals surface area contributed by atoms with Crippen molar-refractivity contribution in [1.29, 1.82) is 0 Å². The molecule has 1 amide bonds. The van der Waals surface area contributed by atoms with Crippen molar-refractivity contribution in [2.75, 3.05) is 13.6 Å². The number of hydrogen-bond acceptors (Lipinski definition) is 3. The Bertz CT molecular complexity index is 921. The second kappa shape index (κ2) is 10.1. The average molecular weight is 432 g/mol. The van der Waals surface area contributed by atoms with Gasteiger partial charge in [0.15, 0.2) is 0 Å². The molecule has 0 fully saturated rings. The van der Waals surface area contributed by atoms with E-state index in [0.29, 0.717) is 0 Å². The fourth-order valence-corrected chi connectivity index (χ4v) is 4.44. The zero-order chi connectivity index (χ0) is 21.7. The highest BCUT2D eigenvalue weighted by Crippen LogP contribution is 2.40. The molecule has 0 aliphatic heterocycles. The number of rotatable bonds is 6. The van der Waals surface area contributed by atoms with Crippen LogP contribution in [0.1, 0.15) is 48.9 Å². The standard InChI is InChI=1S/C23H27F2N3OS/c1-15(29)28(27-23(30)20-14-18(24)11-12-21(20)25)22-17(7-5-13-26-2)10-9-16-6-3-4-8-19(16)22/h3-4,6,8,11-12,14,17,22,26H,5,7,9-10,13H2,1-2H3,(H,27,30). The first-order valence-corrected chi connectivity index (χ1v) is 10.6. The quantitative estimate of drug-likeness (QED) is 0.407. The van der Waals surface area contributed by atoms with E-state index >= 15 is 0 Å². The van der Waals surface area contributed by atoms with E-state index in [-0.39, 0.29) is 28.4 Å². The summed E-state index contributed by atoms with van der Waals surface area (Å²) in [5, 5.41) is 4.66. The predicted octanol–water partition coefficient (Wildman–Crippen LogP) is 4.30. The summed E-state index contributed by atoms with van der Waals surface area (Å²) in [6, 6.07) is 11.0. The number of hydrazine groups is 1. The molecular weight excluding hydrogens is 404 g/mol. The van der Waals surface area contributed by atoms with Crippen LogP contribution in [0.3, 0.4) is 0 Å². The van der Waals surface area contributed by atoms with E-state index in [4.69, 9.17) is 12.2 Å². The zero-order valence-corrected chi connectivity index (χ0v) is 18.1. The molecule has 4 nitrogen and oxygen atoms in total. The SMILES string of the molecule is CNCCCC1CCc2ccccc2C1N(NC(=S)c1cc(F)ccc1F)C(C)=O. The van der Waals surface area contributed by atoms with Crippen molar-refractivity contribution in [2.24, 2.45) is 5.92 Å². The Morgan fingerprint density at radius 3 is 2.73 bits per heavy atom. The Morgan fingerprint density at radius 2 is 2.00 bits per heavy atom. The summed E-state index contributed by atoms with van der Waals surface area (Å²) < 4.78 is 27.9. The second-order valence-corrected chi connectivity index (χ2v) is 8.05. The number of benzene rings is 2. The Kier molecular flexibility index (Phi) is 7.50. The van der Waals surface area contributed by atoms with Crippen LogP contribution in [0.2, 0.25) is 0 Å². The monoisotopic (exact) mass is 431 g/mol. The third-order valence-electron chi connectivity index (χ3n) is 5.62. The number of amides is 1. The topological polar surface area (TPSA) is 44.4 Å². The zero-order valence-electron chi connectivity index (χ0n) is 17.3. The summed E-state index contributed by atoms with van der Waals surface area (Å²) in [6.07, 6.45) is 3.81. The van der Waals surface area contributed by atoms with Gasteiger partial charge < -0.3 is 5.32 Å². The van der Waals surface area contributed by atoms with E-state index in [1.165, 1.54) is 17.5 Å². The summed E-state index contributed by atoms with van der Waals surface area (Å²) in [5.41, 5.74) is 5.13. The van der Waals surface area contributed by atoms with Gasteiger partial charge in [-0.05, 0) is 74.5 Å². The largest absolute Gasteiger partial charge is 0.320 e. The van der Waals surface area contributed by atoms with E-state index in [1.807, 2.05) is 25.2 Å². The molecule has 2 N–H and O–H groups in total. The van der Waals surface area contributed by atoms with Crippen molar-refractivity contribution < 1.29 is 13.6 Å². The lowest BCUT2D eigenvalue weighted by Gasteiger charge is -2.41. The number of fused-ring (bicyclic) bond motifs is 1. The Balaban J connectivity index is 1.93. The summed E-state index contributed by atoms with van der Waals surface area (Å²) in [7, 11) is 1.92. The van der Waals surface area contributed by atoms with Crippen molar-refractivity contribution in [3.63, 3.8) is 0 Å². The molecule has 0 saturated carbocycles. The van der Waals surface area contributed by atoms with E-state index < -0.39 is 11.6 Å². The number of carbonyl (C=O) groups excluding carboxylic acids is 1. The highest BCUT2D eigenvalue weighted by molar-refractivity contribution is 7.80. The molecule has 0 bridgehead atoms. The minimum Gasteiger partial charge on any atom is -0.320 e. The first-order valence-electron chi connectivity index (χ1n) is 10.2. The normalized spacial score (nSPS) is 17.9. The molecule has 0 radical (unpaired) electrons. The Labute approximate surface area is 181 Å². The van der Waals surface area contributed by atoms with Gasteiger partial charge in [-0.15, -0.1) is 0 Å². The molecule has 0 aromatic heterocycles. The number of nitrogens with zero attached hydrogens (tertiary/aromatic N) is 1. The van der Waals surface area contributed by atoms with Crippen LogP contribution in [0.5, 0.6) is 0 Å². The third-order valence-corrected chi connectivity index (χ3v) is 5.93. The van der Waals surface area contributed by atoms with Gasteiger partial charge in [0.1, 0.15) is 16.6 Å². The van der Waals surface area contributed by atoms with Crippen LogP contribution < -0.4 is 10.7 Å². The maximum Gasteiger partial charge on any atom is 0.238 e. The maximum absolute atomic E-state index is 14.2. The number of aryl methyl sites for hydroxylation is 1. The molecule has 2 atom stereocenters. The molecule has 30 heavy (non-hydrogen) atoms. The lowest BCUT2D eigenvalue weighted by molar-refractivity contribution is -0.135. The number of halogens is 2. The lowest BCUT2D eigenvalue weighted by Crippen LogP contribution is -2.50. The van der Waals surface area contributed by atoms with Crippen molar-refractivity contribution in [3.8, 4) is 0 Å². The molecule has 7 heteroatoms. The fraction of sp³-hybridized carbons (Fsp3) is 0.391. The van der Waals surface area contributed by atoms with Crippen LogP contribution >= 0.6 is 12.2 Å². The number of nitrogens with one attached hydrogen (secondary N) is 2. The van der Waals surface area contributed by atoms with Gasteiger partial charge in [-0.3, -0.25) is 10.2 Å². The van der Waals surface area contributed by atoms with Gasteiger partial charge in [0.2, 0.25) is 5.91 Å². The molecule has 2 aromatic rings. The van der Waals surface area contributed by atoms with Crippen LogP contribution in [0, 0.1) is 17.6 Å². The summed E-state index contributed by atoms with van der Waals surface area (Å²) in [6.45, 7) is 2.35. The molecule has 0 saturated heterocycles. The lowest BCUT2D eigenvalue weighted by atomic mass is 9.77. The van der Waals surface area contributed by atoms with Crippen LogP contribution in [-0.4, -0.2) is 29.5 Å². The molecule has 0 spiro atoms. The predicted molar refractivity (Wildman–Crippen MR) is 118 cm³/mol. The molecule has 2 unspecified atom stereocenters. The van der Waals surface area contributed by atoms with Crippen LogP contribution in [-0.2, 0) is 11.2 Å². The van der Waals surface area contributed by atoms with Gasteiger partial charge in [-0.2, -0.15) is 0 Å². The van der Waals surface area contributed by atoms with Crippen molar-refractivity contribution >= 4 is 23.1 Å². The molecule has 3 rings (SSSR count). The maximum atomic E-state index is 14.2. The first kappa shape index (κ1) is 22.3. The van der Waals surface area contributed by atoms with Gasteiger partial charge in [0.05, 0.1) is 6.04 Å². The van der Waals surface area contributed by atoms with Crippen molar-refractivity contribution in [2.45, 2.75) is 38.6 Å². The summed E-state index contributed by atoms with van der Waals surface area (Å²) >= 11 is 5.35. The van der Waals surface area contributed by atoms with Gasteiger partial charge in [-0.25, -0.2) is 13.8 Å². The summed E-state index contributed by atoms with van der Waals surface area (Å²) in [5.74, 6) is -1.22. The minimum absolute atomic E-state index is 0.0146.